The molecule has 0 spiro atoms. The second-order valence-corrected chi connectivity index (χ2v) is 4.45. The number of nitrogens with zero attached hydrogens (tertiary/aromatic N) is 3. The standard InChI is InChI=1S/C16H15N3/c1-13-8-9-14(16-10-11-17-18(16)2)12-19(13)15-6-4-3-5-7-15/h3-12H,1H2,2H3. The third-order valence-corrected chi connectivity index (χ3v) is 3.18. The molecule has 1 aromatic heterocycles. The molecule has 19 heavy (non-hydrogen) atoms. The van der Waals surface area contributed by atoms with E-state index >= 15 is 0 Å². The number of para-hydroxylation sites is 1. The lowest BCUT2D eigenvalue weighted by Crippen LogP contribution is -2.16. The minimum Gasteiger partial charge on any atom is -0.317 e. The average molecular weight is 249 g/mol. The van der Waals surface area contributed by atoms with Gasteiger partial charge in [-0.25, -0.2) is 0 Å². The third kappa shape index (κ3) is 2.10. The number of hydrogen-bond donors (Lipinski definition) is 0. The van der Waals surface area contributed by atoms with Gasteiger partial charge in [0.05, 0.1) is 5.69 Å². The van der Waals surface area contributed by atoms with Gasteiger partial charge in [-0.3, -0.25) is 4.68 Å². The summed E-state index contributed by atoms with van der Waals surface area (Å²) in [5.74, 6) is 0. The zero-order valence-corrected chi connectivity index (χ0v) is 10.8. The molecule has 1 aliphatic heterocycles. The van der Waals surface area contributed by atoms with Gasteiger partial charge in [0.15, 0.2) is 0 Å². The summed E-state index contributed by atoms with van der Waals surface area (Å²) in [7, 11) is 1.94. The molecule has 0 bridgehead atoms. The van der Waals surface area contributed by atoms with Crippen LogP contribution >= 0.6 is 0 Å². The van der Waals surface area contributed by atoms with Crippen molar-refractivity contribution >= 4 is 11.3 Å². The van der Waals surface area contributed by atoms with Crippen LogP contribution in [0.3, 0.4) is 0 Å². The van der Waals surface area contributed by atoms with Crippen molar-refractivity contribution in [2.45, 2.75) is 0 Å². The smallest absolute Gasteiger partial charge is 0.0693 e. The van der Waals surface area contributed by atoms with Crippen LogP contribution in [0.1, 0.15) is 5.69 Å². The van der Waals surface area contributed by atoms with Crippen LogP contribution in [-0.2, 0) is 7.05 Å². The van der Waals surface area contributed by atoms with Crippen molar-refractivity contribution in [3.63, 3.8) is 0 Å². The predicted octanol–water partition coefficient (Wildman–Crippen LogP) is 3.35. The largest absolute Gasteiger partial charge is 0.317 e. The molecule has 0 amide bonds. The molecule has 0 unspecified atom stereocenters. The lowest BCUT2D eigenvalue weighted by Gasteiger charge is -2.25. The summed E-state index contributed by atoms with van der Waals surface area (Å²) >= 11 is 0. The van der Waals surface area contributed by atoms with Gasteiger partial charge in [-0.15, -0.1) is 0 Å². The van der Waals surface area contributed by atoms with E-state index in [1.54, 1.807) is 6.20 Å². The summed E-state index contributed by atoms with van der Waals surface area (Å²) in [6.45, 7) is 4.08. The van der Waals surface area contributed by atoms with Crippen molar-refractivity contribution in [1.29, 1.82) is 0 Å². The molecule has 0 saturated carbocycles. The van der Waals surface area contributed by atoms with Crippen molar-refractivity contribution in [2.75, 3.05) is 4.90 Å². The second-order valence-electron chi connectivity index (χ2n) is 4.45. The van der Waals surface area contributed by atoms with Crippen LogP contribution in [0.2, 0.25) is 0 Å². The van der Waals surface area contributed by atoms with Crippen molar-refractivity contribution in [2.24, 2.45) is 7.05 Å². The van der Waals surface area contributed by atoms with E-state index in [-0.39, 0.29) is 0 Å². The van der Waals surface area contributed by atoms with Gasteiger partial charge in [-0.1, -0.05) is 24.8 Å². The molecule has 94 valence electrons. The lowest BCUT2D eigenvalue weighted by molar-refractivity contribution is 0.756. The fourth-order valence-electron chi connectivity index (χ4n) is 2.17. The Hall–Kier alpha value is -2.55. The topological polar surface area (TPSA) is 21.1 Å². The van der Waals surface area contributed by atoms with Crippen molar-refractivity contribution in [3.8, 4) is 0 Å². The summed E-state index contributed by atoms with van der Waals surface area (Å²) < 4.78 is 1.87. The van der Waals surface area contributed by atoms with E-state index in [9.17, 15) is 0 Å². The Morgan fingerprint density at radius 2 is 1.84 bits per heavy atom. The summed E-state index contributed by atoms with van der Waals surface area (Å²) in [5, 5.41) is 4.21. The van der Waals surface area contributed by atoms with Crippen LogP contribution in [0.5, 0.6) is 0 Å². The highest BCUT2D eigenvalue weighted by molar-refractivity contribution is 5.79. The molecule has 1 aliphatic rings. The molecule has 0 radical (unpaired) electrons. The molecule has 1 aromatic carbocycles. The molecule has 0 aliphatic carbocycles. The Morgan fingerprint density at radius 3 is 2.53 bits per heavy atom. The monoisotopic (exact) mass is 249 g/mol. The number of allylic oxidation sites excluding steroid dienone is 3. The van der Waals surface area contributed by atoms with Crippen LogP contribution in [0.25, 0.3) is 5.57 Å². The van der Waals surface area contributed by atoms with Gasteiger partial charge in [0.2, 0.25) is 0 Å². The quantitative estimate of drug-likeness (QED) is 0.813. The molecule has 3 rings (SSSR count). The van der Waals surface area contributed by atoms with E-state index in [4.69, 9.17) is 0 Å². The first-order chi connectivity index (χ1) is 9.25. The first-order valence-corrected chi connectivity index (χ1v) is 6.17. The lowest BCUT2D eigenvalue weighted by atomic mass is 10.1. The fourth-order valence-corrected chi connectivity index (χ4v) is 2.17. The number of rotatable bonds is 2. The Morgan fingerprint density at radius 1 is 1.05 bits per heavy atom. The van der Waals surface area contributed by atoms with E-state index in [2.05, 4.69) is 41.0 Å². The van der Waals surface area contributed by atoms with Gasteiger partial charge in [-0.2, -0.15) is 5.10 Å². The van der Waals surface area contributed by atoms with Crippen LogP contribution in [0.15, 0.2) is 73.2 Å². The maximum atomic E-state index is 4.21. The van der Waals surface area contributed by atoms with Gasteiger partial charge in [-0.05, 0) is 30.4 Å². The summed E-state index contributed by atoms with van der Waals surface area (Å²) in [4.78, 5) is 2.09. The Balaban J connectivity index is 2.02. The molecular weight excluding hydrogens is 234 g/mol. The number of benzene rings is 1. The zero-order valence-electron chi connectivity index (χ0n) is 10.8. The maximum Gasteiger partial charge on any atom is 0.0693 e. The average Bonchev–Trinajstić information content (AvgIpc) is 2.87. The normalized spacial score (nSPS) is 14.7. The molecule has 0 N–H and O–H groups in total. The maximum absolute atomic E-state index is 4.21. The number of aromatic nitrogens is 2. The highest BCUT2D eigenvalue weighted by atomic mass is 15.3. The van der Waals surface area contributed by atoms with Gasteiger partial charge >= 0.3 is 0 Å². The predicted molar refractivity (Wildman–Crippen MR) is 78.4 cm³/mol. The second kappa shape index (κ2) is 4.61. The van der Waals surface area contributed by atoms with E-state index in [1.165, 1.54) is 0 Å². The van der Waals surface area contributed by atoms with E-state index < -0.39 is 0 Å². The molecule has 2 heterocycles. The first kappa shape index (κ1) is 11.5. The Bertz CT molecular complexity index is 662. The first-order valence-electron chi connectivity index (χ1n) is 6.17. The number of anilines is 1. The van der Waals surface area contributed by atoms with Gasteiger partial charge in [0.1, 0.15) is 0 Å². The zero-order chi connectivity index (χ0) is 13.2. The molecule has 0 atom stereocenters. The van der Waals surface area contributed by atoms with Crippen LogP contribution in [-0.4, -0.2) is 9.78 Å². The van der Waals surface area contributed by atoms with Crippen molar-refractivity contribution in [3.05, 3.63) is 78.9 Å². The van der Waals surface area contributed by atoms with E-state index in [0.29, 0.717) is 0 Å². The van der Waals surface area contributed by atoms with Crippen LogP contribution in [0, 0.1) is 0 Å². The summed E-state index contributed by atoms with van der Waals surface area (Å²) in [5.41, 5.74) is 4.27. The number of hydrogen-bond acceptors (Lipinski definition) is 2. The Kier molecular flexibility index (Phi) is 2.80. The molecule has 3 heteroatoms. The molecular formula is C16H15N3. The summed E-state index contributed by atoms with van der Waals surface area (Å²) in [6.07, 6.45) is 7.99. The molecule has 2 aromatic rings. The van der Waals surface area contributed by atoms with Crippen LogP contribution in [0.4, 0.5) is 5.69 Å². The van der Waals surface area contributed by atoms with Gasteiger partial charge < -0.3 is 4.90 Å². The minimum atomic E-state index is 0.956. The van der Waals surface area contributed by atoms with Crippen molar-refractivity contribution in [1.82, 2.24) is 9.78 Å². The minimum absolute atomic E-state index is 0.956. The van der Waals surface area contributed by atoms with Gasteiger partial charge in [0, 0.05) is 36.4 Å². The van der Waals surface area contributed by atoms with Crippen LogP contribution < -0.4 is 4.90 Å². The van der Waals surface area contributed by atoms with E-state index in [0.717, 1.165) is 22.7 Å². The molecule has 3 nitrogen and oxygen atoms in total. The molecule has 0 fully saturated rings. The highest BCUT2D eigenvalue weighted by Gasteiger charge is 2.13. The van der Waals surface area contributed by atoms with E-state index in [1.807, 2.05) is 42.1 Å². The Labute approximate surface area is 112 Å². The number of aryl methyl sites for hydroxylation is 1. The van der Waals surface area contributed by atoms with Crippen molar-refractivity contribution < 1.29 is 0 Å². The fraction of sp³-hybridized carbons (Fsp3) is 0.0625. The summed E-state index contributed by atoms with van der Waals surface area (Å²) in [6, 6.07) is 12.2. The molecule has 0 saturated heterocycles. The highest BCUT2D eigenvalue weighted by Crippen LogP contribution is 2.27. The SMILES string of the molecule is C=C1C=CC(c2ccnn2C)=CN1c1ccccc1. The third-order valence-electron chi connectivity index (χ3n) is 3.18. The van der Waals surface area contributed by atoms with Gasteiger partial charge in [0.25, 0.3) is 0 Å².